The first-order chi connectivity index (χ1) is 13.7. The average Bonchev–Trinajstić information content (AvgIpc) is 3.19. The van der Waals surface area contributed by atoms with Crippen molar-refractivity contribution in [3.05, 3.63) is 60.0 Å². The van der Waals surface area contributed by atoms with Crippen molar-refractivity contribution in [2.45, 2.75) is 25.1 Å². The van der Waals surface area contributed by atoms with Crippen LogP contribution in [0.3, 0.4) is 0 Å². The molecule has 146 valence electrons. The molecule has 0 spiro atoms. The number of ether oxygens (including phenoxy) is 1. The summed E-state index contributed by atoms with van der Waals surface area (Å²) in [5, 5.41) is 14.4. The van der Waals surface area contributed by atoms with Gasteiger partial charge in [-0.05, 0) is 48.4 Å². The monoisotopic (exact) mass is 398 g/mol. The Morgan fingerprint density at radius 1 is 1.07 bits per heavy atom. The highest BCUT2D eigenvalue weighted by molar-refractivity contribution is 7.99. The number of carbonyl (C=O) groups is 1. The summed E-state index contributed by atoms with van der Waals surface area (Å²) in [6.45, 7) is 2.49. The lowest BCUT2D eigenvalue weighted by Crippen LogP contribution is -2.13. The third-order valence-corrected chi connectivity index (χ3v) is 4.77. The number of nitrogens with zero attached hydrogens (tertiary/aromatic N) is 2. The van der Waals surface area contributed by atoms with Gasteiger partial charge in [0.1, 0.15) is 5.75 Å². The third-order valence-electron chi connectivity index (χ3n) is 3.95. The SMILES string of the molecule is CCc1ccc(NC(=O)CSc2nnc(CNc3ccc(OC)cc3)o2)cc1. The van der Waals surface area contributed by atoms with E-state index < -0.39 is 0 Å². The maximum atomic E-state index is 12.1. The molecule has 2 aromatic carbocycles. The topological polar surface area (TPSA) is 89.3 Å². The molecule has 0 aliphatic carbocycles. The average molecular weight is 398 g/mol. The highest BCUT2D eigenvalue weighted by Crippen LogP contribution is 2.19. The third kappa shape index (κ3) is 5.75. The number of hydrogen-bond donors (Lipinski definition) is 2. The summed E-state index contributed by atoms with van der Waals surface area (Å²) in [6, 6.07) is 15.3. The number of amides is 1. The van der Waals surface area contributed by atoms with Crippen LogP contribution in [-0.4, -0.2) is 29.0 Å². The van der Waals surface area contributed by atoms with Gasteiger partial charge in [-0.2, -0.15) is 0 Å². The second kappa shape index (κ2) is 9.80. The lowest BCUT2D eigenvalue weighted by molar-refractivity contribution is -0.113. The van der Waals surface area contributed by atoms with Gasteiger partial charge in [0.15, 0.2) is 0 Å². The number of carbonyl (C=O) groups excluding carboxylic acids is 1. The summed E-state index contributed by atoms with van der Waals surface area (Å²) in [4.78, 5) is 12.1. The van der Waals surface area contributed by atoms with Crippen molar-refractivity contribution >= 4 is 29.0 Å². The van der Waals surface area contributed by atoms with Gasteiger partial charge in [0.25, 0.3) is 5.22 Å². The number of nitrogens with one attached hydrogen (secondary N) is 2. The number of anilines is 2. The number of methoxy groups -OCH3 is 1. The van der Waals surface area contributed by atoms with E-state index in [0.717, 1.165) is 23.5 Å². The van der Waals surface area contributed by atoms with Crippen LogP contribution in [0.25, 0.3) is 0 Å². The highest BCUT2D eigenvalue weighted by atomic mass is 32.2. The Hall–Kier alpha value is -3.00. The van der Waals surface area contributed by atoms with Crippen molar-refractivity contribution in [1.82, 2.24) is 10.2 Å². The fourth-order valence-corrected chi connectivity index (χ4v) is 2.98. The molecular formula is C20H22N4O3S. The largest absolute Gasteiger partial charge is 0.497 e. The molecule has 3 aromatic rings. The second-order valence-electron chi connectivity index (χ2n) is 5.93. The maximum absolute atomic E-state index is 12.1. The van der Waals surface area contributed by atoms with E-state index in [0.29, 0.717) is 17.7 Å². The zero-order valence-corrected chi connectivity index (χ0v) is 16.6. The number of aromatic nitrogens is 2. The van der Waals surface area contributed by atoms with Crippen LogP contribution in [0.2, 0.25) is 0 Å². The predicted molar refractivity (Wildman–Crippen MR) is 110 cm³/mol. The minimum absolute atomic E-state index is 0.120. The Labute approximate surface area is 167 Å². The van der Waals surface area contributed by atoms with Crippen molar-refractivity contribution in [3.63, 3.8) is 0 Å². The molecule has 0 fully saturated rings. The van der Waals surface area contributed by atoms with Crippen molar-refractivity contribution in [2.24, 2.45) is 0 Å². The molecule has 3 rings (SSSR count). The van der Waals surface area contributed by atoms with Gasteiger partial charge in [-0.25, -0.2) is 0 Å². The van der Waals surface area contributed by atoms with Crippen molar-refractivity contribution in [3.8, 4) is 5.75 Å². The smallest absolute Gasteiger partial charge is 0.277 e. The van der Waals surface area contributed by atoms with Crippen LogP contribution in [0.5, 0.6) is 5.75 Å². The van der Waals surface area contributed by atoms with Gasteiger partial charge >= 0.3 is 0 Å². The van der Waals surface area contributed by atoms with Crippen LogP contribution >= 0.6 is 11.8 Å². The summed E-state index contributed by atoms with van der Waals surface area (Å²) >= 11 is 1.21. The first-order valence-electron chi connectivity index (χ1n) is 8.88. The molecule has 0 saturated carbocycles. The fraction of sp³-hybridized carbons (Fsp3) is 0.250. The summed E-state index contributed by atoms with van der Waals surface area (Å²) in [6.07, 6.45) is 0.969. The standard InChI is InChI=1S/C20H22N4O3S/c1-3-14-4-6-16(7-5-14)22-18(25)13-28-20-24-23-19(27-20)12-21-15-8-10-17(26-2)11-9-15/h4-11,21H,3,12-13H2,1-2H3,(H,22,25). The molecule has 1 aromatic heterocycles. The molecule has 0 bridgehead atoms. The van der Waals surface area contributed by atoms with E-state index in [9.17, 15) is 4.79 Å². The van der Waals surface area contributed by atoms with E-state index in [1.54, 1.807) is 7.11 Å². The molecule has 2 N–H and O–H groups in total. The van der Waals surface area contributed by atoms with Crippen molar-refractivity contribution in [1.29, 1.82) is 0 Å². The van der Waals surface area contributed by atoms with Crippen LogP contribution < -0.4 is 15.4 Å². The number of aryl methyl sites for hydroxylation is 1. The first kappa shape index (κ1) is 19.8. The quantitative estimate of drug-likeness (QED) is 0.527. The van der Waals surface area contributed by atoms with E-state index in [2.05, 4.69) is 27.8 Å². The molecule has 0 radical (unpaired) electrons. The van der Waals surface area contributed by atoms with E-state index in [-0.39, 0.29) is 11.7 Å². The molecule has 0 unspecified atom stereocenters. The van der Waals surface area contributed by atoms with Crippen molar-refractivity contribution in [2.75, 3.05) is 23.5 Å². The Balaban J connectivity index is 1.43. The minimum atomic E-state index is -0.120. The normalized spacial score (nSPS) is 10.5. The number of hydrogen-bond acceptors (Lipinski definition) is 7. The summed E-state index contributed by atoms with van der Waals surface area (Å²) in [7, 11) is 1.63. The summed E-state index contributed by atoms with van der Waals surface area (Å²) in [5.74, 6) is 1.32. The van der Waals surface area contributed by atoms with Gasteiger partial charge in [0, 0.05) is 11.4 Å². The first-order valence-corrected chi connectivity index (χ1v) is 9.86. The zero-order chi connectivity index (χ0) is 19.8. The molecule has 28 heavy (non-hydrogen) atoms. The molecule has 0 saturated heterocycles. The van der Waals surface area contributed by atoms with Crippen LogP contribution in [-0.2, 0) is 17.8 Å². The van der Waals surface area contributed by atoms with Crippen LogP contribution in [0, 0.1) is 0 Å². The number of benzene rings is 2. The molecule has 0 atom stereocenters. The number of rotatable bonds is 9. The van der Waals surface area contributed by atoms with Gasteiger partial charge < -0.3 is 19.8 Å². The van der Waals surface area contributed by atoms with Gasteiger partial charge in [0.2, 0.25) is 11.8 Å². The Morgan fingerprint density at radius 2 is 1.79 bits per heavy atom. The lowest BCUT2D eigenvalue weighted by Gasteiger charge is -2.05. The van der Waals surface area contributed by atoms with Gasteiger partial charge in [-0.3, -0.25) is 4.79 Å². The van der Waals surface area contributed by atoms with Crippen LogP contribution in [0.4, 0.5) is 11.4 Å². The van der Waals surface area contributed by atoms with Gasteiger partial charge in [0.05, 0.1) is 19.4 Å². The van der Waals surface area contributed by atoms with Gasteiger partial charge in [-0.1, -0.05) is 30.8 Å². The molecule has 0 aliphatic heterocycles. The number of thioether (sulfide) groups is 1. The lowest BCUT2D eigenvalue weighted by atomic mass is 10.1. The second-order valence-corrected chi connectivity index (χ2v) is 6.86. The van der Waals surface area contributed by atoms with E-state index >= 15 is 0 Å². The summed E-state index contributed by atoms with van der Waals surface area (Å²) < 4.78 is 10.7. The Bertz CT molecular complexity index is 895. The Morgan fingerprint density at radius 3 is 2.46 bits per heavy atom. The molecule has 1 amide bonds. The van der Waals surface area contributed by atoms with Crippen molar-refractivity contribution < 1.29 is 13.9 Å². The molecule has 0 aliphatic rings. The predicted octanol–water partition coefficient (Wildman–Crippen LogP) is 3.98. The molecular weight excluding hydrogens is 376 g/mol. The molecule has 7 nitrogen and oxygen atoms in total. The van der Waals surface area contributed by atoms with E-state index in [1.807, 2.05) is 48.5 Å². The molecule has 1 heterocycles. The van der Waals surface area contributed by atoms with Crippen LogP contribution in [0.15, 0.2) is 58.2 Å². The fourth-order valence-electron chi connectivity index (χ4n) is 2.40. The van der Waals surface area contributed by atoms with Gasteiger partial charge in [-0.15, -0.1) is 10.2 Å². The maximum Gasteiger partial charge on any atom is 0.277 e. The van der Waals surface area contributed by atoms with E-state index in [4.69, 9.17) is 9.15 Å². The van der Waals surface area contributed by atoms with E-state index in [1.165, 1.54) is 17.3 Å². The highest BCUT2D eigenvalue weighted by Gasteiger charge is 2.10. The Kier molecular flexibility index (Phi) is 6.91. The summed E-state index contributed by atoms with van der Waals surface area (Å²) in [5.41, 5.74) is 2.92. The minimum Gasteiger partial charge on any atom is -0.497 e. The molecule has 8 heteroatoms. The van der Waals surface area contributed by atoms with Crippen LogP contribution in [0.1, 0.15) is 18.4 Å². The zero-order valence-electron chi connectivity index (χ0n) is 15.8.